The standard InChI is InChI=1S/C11H17N3O3S/c12-18(15,16)14-10-4-1-3-9(7-10)13-11-5-2-6-17-8-11/h1,3-4,7,11,13-14H,2,5-6,8H2,(H2,12,15,16). The lowest BCUT2D eigenvalue weighted by Gasteiger charge is -2.24. The topological polar surface area (TPSA) is 93.5 Å². The summed E-state index contributed by atoms with van der Waals surface area (Å²) in [4.78, 5) is 0. The molecule has 0 radical (unpaired) electrons. The number of nitrogens with two attached hydrogens (primary N) is 1. The number of ether oxygens (including phenoxy) is 1. The molecule has 2 rings (SSSR count). The van der Waals surface area contributed by atoms with Gasteiger partial charge < -0.3 is 10.1 Å². The molecule has 0 amide bonds. The summed E-state index contributed by atoms with van der Waals surface area (Å²) in [5.41, 5.74) is 1.29. The Labute approximate surface area is 107 Å². The Morgan fingerprint density at radius 2 is 2.11 bits per heavy atom. The molecule has 0 aliphatic carbocycles. The number of anilines is 2. The highest BCUT2D eigenvalue weighted by atomic mass is 32.2. The van der Waals surface area contributed by atoms with Crippen LogP contribution in [0, 0.1) is 0 Å². The molecule has 4 N–H and O–H groups in total. The SMILES string of the molecule is NS(=O)(=O)Nc1cccc(NC2CCCOC2)c1. The van der Waals surface area contributed by atoms with E-state index in [9.17, 15) is 8.42 Å². The largest absolute Gasteiger partial charge is 0.380 e. The molecule has 100 valence electrons. The molecule has 6 nitrogen and oxygen atoms in total. The van der Waals surface area contributed by atoms with Gasteiger partial charge in [0.05, 0.1) is 12.3 Å². The maximum absolute atomic E-state index is 10.9. The van der Waals surface area contributed by atoms with Crippen molar-refractivity contribution in [1.82, 2.24) is 0 Å². The van der Waals surface area contributed by atoms with Gasteiger partial charge in [-0.05, 0) is 31.0 Å². The average molecular weight is 271 g/mol. The van der Waals surface area contributed by atoms with Crippen molar-refractivity contribution in [3.8, 4) is 0 Å². The van der Waals surface area contributed by atoms with Gasteiger partial charge in [0.25, 0.3) is 10.2 Å². The van der Waals surface area contributed by atoms with Crippen LogP contribution >= 0.6 is 0 Å². The zero-order valence-electron chi connectivity index (χ0n) is 9.93. The van der Waals surface area contributed by atoms with Gasteiger partial charge in [0, 0.05) is 18.3 Å². The van der Waals surface area contributed by atoms with E-state index >= 15 is 0 Å². The molecule has 1 unspecified atom stereocenters. The first-order chi connectivity index (χ1) is 8.53. The van der Waals surface area contributed by atoms with Gasteiger partial charge in [-0.25, -0.2) is 5.14 Å². The van der Waals surface area contributed by atoms with Crippen molar-refractivity contribution in [2.24, 2.45) is 5.14 Å². The molecule has 1 heterocycles. The van der Waals surface area contributed by atoms with E-state index in [1.807, 2.05) is 6.07 Å². The summed E-state index contributed by atoms with van der Waals surface area (Å²) < 4.78 is 29.5. The lowest BCUT2D eigenvalue weighted by atomic mass is 10.1. The highest BCUT2D eigenvalue weighted by Crippen LogP contribution is 2.18. The molecule has 0 aromatic heterocycles. The van der Waals surface area contributed by atoms with Gasteiger partial charge in [0.15, 0.2) is 0 Å². The van der Waals surface area contributed by atoms with Crippen LogP contribution in [0.4, 0.5) is 11.4 Å². The van der Waals surface area contributed by atoms with Crippen LogP contribution in [0.1, 0.15) is 12.8 Å². The quantitative estimate of drug-likeness (QED) is 0.758. The summed E-state index contributed by atoms with van der Waals surface area (Å²) in [6.45, 7) is 1.48. The van der Waals surface area contributed by atoms with Crippen LogP contribution in [0.3, 0.4) is 0 Å². The Morgan fingerprint density at radius 1 is 1.33 bits per heavy atom. The number of nitrogens with one attached hydrogen (secondary N) is 2. The van der Waals surface area contributed by atoms with Crippen LogP contribution in [-0.4, -0.2) is 27.7 Å². The van der Waals surface area contributed by atoms with Crippen LogP contribution in [-0.2, 0) is 14.9 Å². The van der Waals surface area contributed by atoms with Crippen molar-refractivity contribution >= 4 is 21.6 Å². The molecule has 7 heteroatoms. The van der Waals surface area contributed by atoms with E-state index < -0.39 is 10.2 Å². The highest BCUT2D eigenvalue weighted by Gasteiger charge is 2.13. The van der Waals surface area contributed by atoms with Gasteiger partial charge in [0.2, 0.25) is 0 Å². The first-order valence-corrected chi connectivity index (χ1v) is 7.32. The molecule has 0 spiro atoms. The van der Waals surface area contributed by atoms with E-state index in [4.69, 9.17) is 9.88 Å². The molecule has 0 saturated carbocycles. The van der Waals surface area contributed by atoms with Crippen LogP contribution in [0.2, 0.25) is 0 Å². The fourth-order valence-electron chi connectivity index (χ4n) is 1.93. The van der Waals surface area contributed by atoms with Crippen molar-refractivity contribution in [2.75, 3.05) is 23.3 Å². The van der Waals surface area contributed by atoms with E-state index in [1.54, 1.807) is 18.2 Å². The monoisotopic (exact) mass is 271 g/mol. The Bertz CT molecular complexity index is 498. The Balaban J connectivity index is 2.02. The lowest BCUT2D eigenvalue weighted by Crippen LogP contribution is -2.30. The molecular formula is C11H17N3O3S. The average Bonchev–Trinajstić information content (AvgIpc) is 2.28. The number of rotatable bonds is 4. The summed E-state index contributed by atoms with van der Waals surface area (Å²) in [6, 6.07) is 7.26. The molecule has 1 aromatic rings. The minimum Gasteiger partial charge on any atom is -0.380 e. The number of benzene rings is 1. The third kappa shape index (κ3) is 4.17. The maximum Gasteiger partial charge on any atom is 0.296 e. The third-order valence-electron chi connectivity index (χ3n) is 2.65. The van der Waals surface area contributed by atoms with E-state index in [1.165, 1.54) is 0 Å². The van der Waals surface area contributed by atoms with Gasteiger partial charge >= 0.3 is 0 Å². The zero-order valence-corrected chi connectivity index (χ0v) is 10.7. The van der Waals surface area contributed by atoms with Crippen molar-refractivity contribution in [2.45, 2.75) is 18.9 Å². The molecule has 1 saturated heterocycles. The first kappa shape index (κ1) is 13.1. The third-order valence-corrected chi connectivity index (χ3v) is 3.17. The summed E-state index contributed by atoms with van der Waals surface area (Å²) in [5, 5.41) is 8.23. The minimum absolute atomic E-state index is 0.267. The lowest BCUT2D eigenvalue weighted by molar-refractivity contribution is 0.0876. The van der Waals surface area contributed by atoms with Gasteiger partial charge in [-0.3, -0.25) is 4.72 Å². The van der Waals surface area contributed by atoms with Gasteiger partial charge in [-0.2, -0.15) is 8.42 Å². The van der Waals surface area contributed by atoms with Crippen molar-refractivity contribution in [3.63, 3.8) is 0 Å². The van der Waals surface area contributed by atoms with Crippen LogP contribution < -0.4 is 15.2 Å². The summed E-state index contributed by atoms with van der Waals surface area (Å²) in [5.74, 6) is 0. The molecule has 1 aliphatic rings. The second-order valence-electron chi connectivity index (χ2n) is 4.29. The Kier molecular flexibility index (Phi) is 4.05. The van der Waals surface area contributed by atoms with E-state index in [0.717, 1.165) is 25.1 Å². The molecule has 1 fully saturated rings. The summed E-state index contributed by atoms with van der Waals surface area (Å²) in [7, 11) is -3.73. The Morgan fingerprint density at radius 3 is 2.78 bits per heavy atom. The number of hydrogen-bond acceptors (Lipinski definition) is 4. The van der Waals surface area contributed by atoms with E-state index in [2.05, 4.69) is 10.0 Å². The summed E-state index contributed by atoms with van der Waals surface area (Å²) >= 11 is 0. The fraction of sp³-hybridized carbons (Fsp3) is 0.455. The molecular weight excluding hydrogens is 254 g/mol. The maximum atomic E-state index is 10.9. The predicted octanol–water partition coefficient (Wildman–Crippen LogP) is 0.893. The van der Waals surface area contributed by atoms with Gasteiger partial charge in [-0.15, -0.1) is 0 Å². The highest BCUT2D eigenvalue weighted by molar-refractivity contribution is 7.90. The van der Waals surface area contributed by atoms with Crippen molar-refractivity contribution < 1.29 is 13.2 Å². The molecule has 1 aromatic carbocycles. The van der Waals surface area contributed by atoms with E-state index in [-0.39, 0.29) is 6.04 Å². The molecule has 18 heavy (non-hydrogen) atoms. The van der Waals surface area contributed by atoms with Crippen LogP contribution in [0.15, 0.2) is 24.3 Å². The first-order valence-electron chi connectivity index (χ1n) is 5.78. The zero-order chi connectivity index (χ0) is 13.0. The summed E-state index contributed by atoms with van der Waals surface area (Å²) in [6.07, 6.45) is 2.08. The van der Waals surface area contributed by atoms with Gasteiger partial charge in [0.1, 0.15) is 0 Å². The second kappa shape index (κ2) is 5.55. The van der Waals surface area contributed by atoms with Crippen molar-refractivity contribution in [3.05, 3.63) is 24.3 Å². The predicted molar refractivity (Wildman–Crippen MR) is 70.6 cm³/mol. The smallest absolute Gasteiger partial charge is 0.296 e. The second-order valence-corrected chi connectivity index (χ2v) is 5.58. The van der Waals surface area contributed by atoms with Crippen LogP contribution in [0.25, 0.3) is 0 Å². The fourth-order valence-corrected chi connectivity index (χ4v) is 2.38. The molecule has 0 bridgehead atoms. The van der Waals surface area contributed by atoms with Crippen LogP contribution in [0.5, 0.6) is 0 Å². The minimum atomic E-state index is -3.73. The van der Waals surface area contributed by atoms with E-state index in [0.29, 0.717) is 12.3 Å². The van der Waals surface area contributed by atoms with Crippen molar-refractivity contribution in [1.29, 1.82) is 0 Å². The van der Waals surface area contributed by atoms with Gasteiger partial charge in [-0.1, -0.05) is 6.07 Å². The Hall–Kier alpha value is -1.31. The molecule has 1 atom stereocenters. The number of hydrogen-bond donors (Lipinski definition) is 3. The normalized spacial score (nSPS) is 20.4. The molecule has 1 aliphatic heterocycles.